The van der Waals surface area contributed by atoms with Crippen molar-refractivity contribution in [3.63, 3.8) is 0 Å². The standard InChI is InChI=1S/C16H15Cl2NO/c17-10-12-5-6-15(14(18)9-12)19-7-8-20-16-4-2-1-3-13(16)11-19/h1-6,9H,7-8,10-11H2. The van der Waals surface area contributed by atoms with Crippen LogP contribution in [0.25, 0.3) is 0 Å². The fourth-order valence-electron chi connectivity index (χ4n) is 2.42. The molecule has 1 aliphatic heterocycles. The van der Waals surface area contributed by atoms with Crippen molar-refractivity contribution in [1.29, 1.82) is 0 Å². The second-order valence-corrected chi connectivity index (χ2v) is 5.47. The highest BCUT2D eigenvalue weighted by atomic mass is 35.5. The zero-order chi connectivity index (χ0) is 13.9. The fourth-order valence-corrected chi connectivity index (χ4v) is 2.91. The van der Waals surface area contributed by atoms with Crippen LogP contribution < -0.4 is 9.64 Å². The molecule has 0 aliphatic carbocycles. The molecule has 3 rings (SSSR count). The average molecular weight is 308 g/mol. The minimum Gasteiger partial charge on any atom is -0.491 e. The Balaban J connectivity index is 1.91. The Kier molecular flexibility index (Phi) is 4.04. The van der Waals surface area contributed by atoms with Crippen molar-refractivity contribution in [2.24, 2.45) is 0 Å². The van der Waals surface area contributed by atoms with Gasteiger partial charge in [-0.1, -0.05) is 35.9 Å². The molecule has 4 heteroatoms. The summed E-state index contributed by atoms with van der Waals surface area (Å²) in [7, 11) is 0. The number of hydrogen-bond donors (Lipinski definition) is 0. The van der Waals surface area contributed by atoms with Gasteiger partial charge in [0.15, 0.2) is 0 Å². The van der Waals surface area contributed by atoms with E-state index in [0.29, 0.717) is 12.5 Å². The first-order valence-corrected chi connectivity index (χ1v) is 7.49. The van der Waals surface area contributed by atoms with E-state index in [1.54, 1.807) is 0 Å². The van der Waals surface area contributed by atoms with E-state index < -0.39 is 0 Å². The Morgan fingerprint density at radius 3 is 2.80 bits per heavy atom. The highest BCUT2D eigenvalue weighted by Crippen LogP contribution is 2.31. The molecule has 1 aliphatic rings. The zero-order valence-electron chi connectivity index (χ0n) is 11.0. The summed E-state index contributed by atoms with van der Waals surface area (Å²) in [5, 5.41) is 0.738. The van der Waals surface area contributed by atoms with Crippen molar-refractivity contribution in [2.45, 2.75) is 12.4 Å². The van der Waals surface area contributed by atoms with Gasteiger partial charge < -0.3 is 9.64 Å². The molecule has 0 bridgehead atoms. The number of fused-ring (bicyclic) bond motifs is 1. The molecular weight excluding hydrogens is 293 g/mol. The van der Waals surface area contributed by atoms with E-state index in [4.69, 9.17) is 27.9 Å². The topological polar surface area (TPSA) is 12.5 Å². The summed E-state index contributed by atoms with van der Waals surface area (Å²) in [5.41, 5.74) is 3.25. The number of halogens is 2. The number of para-hydroxylation sites is 1. The maximum absolute atomic E-state index is 6.38. The van der Waals surface area contributed by atoms with Gasteiger partial charge in [0.05, 0.1) is 17.3 Å². The first-order valence-electron chi connectivity index (χ1n) is 6.58. The van der Waals surface area contributed by atoms with Crippen molar-refractivity contribution in [2.75, 3.05) is 18.1 Å². The normalized spacial score (nSPS) is 14.4. The number of hydrogen-bond acceptors (Lipinski definition) is 2. The van der Waals surface area contributed by atoms with Crippen LogP contribution in [0.4, 0.5) is 5.69 Å². The van der Waals surface area contributed by atoms with Gasteiger partial charge in [-0.05, 0) is 23.8 Å². The average Bonchev–Trinajstić information content (AvgIpc) is 2.69. The molecule has 0 spiro atoms. The van der Waals surface area contributed by atoms with Gasteiger partial charge in [0.25, 0.3) is 0 Å². The molecule has 1 heterocycles. The summed E-state index contributed by atoms with van der Waals surface area (Å²) in [4.78, 5) is 2.24. The number of anilines is 1. The van der Waals surface area contributed by atoms with E-state index >= 15 is 0 Å². The quantitative estimate of drug-likeness (QED) is 0.759. The molecular formula is C16H15Cl2NO. The summed E-state index contributed by atoms with van der Waals surface area (Å²) in [6.07, 6.45) is 0. The van der Waals surface area contributed by atoms with Gasteiger partial charge in [0.1, 0.15) is 12.4 Å². The van der Waals surface area contributed by atoms with Crippen molar-refractivity contribution >= 4 is 28.9 Å². The number of ether oxygens (including phenoxy) is 1. The first kappa shape index (κ1) is 13.6. The highest BCUT2D eigenvalue weighted by molar-refractivity contribution is 6.33. The van der Waals surface area contributed by atoms with E-state index in [9.17, 15) is 0 Å². The van der Waals surface area contributed by atoms with Gasteiger partial charge in [-0.3, -0.25) is 0 Å². The molecule has 20 heavy (non-hydrogen) atoms. The molecule has 0 fully saturated rings. The Morgan fingerprint density at radius 2 is 2.00 bits per heavy atom. The van der Waals surface area contributed by atoms with Crippen LogP contribution in [-0.4, -0.2) is 13.2 Å². The van der Waals surface area contributed by atoms with Crippen molar-refractivity contribution < 1.29 is 4.74 Å². The van der Waals surface area contributed by atoms with Crippen LogP contribution in [0.15, 0.2) is 42.5 Å². The highest BCUT2D eigenvalue weighted by Gasteiger charge is 2.17. The predicted octanol–water partition coefficient (Wildman–Crippen LogP) is 4.48. The molecule has 0 saturated heterocycles. The van der Waals surface area contributed by atoms with Gasteiger partial charge in [0.2, 0.25) is 0 Å². The van der Waals surface area contributed by atoms with Crippen LogP contribution in [0.2, 0.25) is 5.02 Å². The summed E-state index contributed by atoms with van der Waals surface area (Å²) < 4.78 is 5.78. The van der Waals surface area contributed by atoms with Crippen LogP contribution >= 0.6 is 23.2 Å². The minimum atomic E-state index is 0.478. The van der Waals surface area contributed by atoms with Crippen LogP contribution in [0, 0.1) is 0 Å². The lowest BCUT2D eigenvalue weighted by Gasteiger charge is -2.23. The molecule has 0 radical (unpaired) electrons. The molecule has 0 unspecified atom stereocenters. The Morgan fingerprint density at radius 1 is 1.15 bits per heavy atom. The number of benzene rings is 2. The lowest BCUT2D eigenvalue weighted by Crippen LogP contribution is -2.25. The minimum absolute atomic E-state index is 0.478. The third kappa shape index (κ3) is 2.72. The second-order valence-electron chi connectivity index (χ2n) is 4.80. The van der Waals surface area contributed by atoms with Crippen LogP contribution in [0.1, 0.15) is 11.1 Å². The molecule has 2 aromatic rings. The molecule has 0 atom stereocenters. The lowest BCUT2D eigenvalue weighted by atomic mass is 10.1. The van der Waals surface area contributed by atoms with Crippen molar-refractivity contribution in [3.8, 4) is 5.75 Å². The summed E-state index contributed by atoms with van der Waals surface area (Å²) >= 11 is 12.2. The molecule has 0 amide bonds. The Hall–Kier alpha value is -1.38. The third-order valence-electron chi connectivity index (χ3n) is 3.46. The van der Waals surface area contributed by atoms with Gasteiger partial charge in [-0.2, -0.15) is 0 Å². The monoisotopic (exact) mass is 307 g/mol. The Labute approximate surface area is 128 Å². The van der Waals surface area contributed by atoms with Crippen LogP contribution in [-0.2, 0) is 12.4 Å². The number of nitrogens with zero attached hydrogens (tertiary/aromatic N) is 1. The van der Waals surface area contributed by atoms with Gasteiger partial charge >= 0.3 is 0 Å². The lowest BCUT2D eigenvalue weighted by molar-refractivity contribution is 0.331. The van der Waals surface area contributed by atoms with E-state index in [0.717, 1.165) is 35.1 Å². The smallest absolute Gasteiger partial charge is 0.124 e. The molecule has 0 saturated carbocycles. The van der Waals surface area contributed by atoms with E-state index in [2.05, 4.69) is 11.0 Å². The van der Waals surface area contributed by atoms with Crippen LogP contribution in [0.3, 0.4) is 0 Å². The van der Waals surface area contributed by atoms with Crippen molar-refractivity contribution in [3.05, 3.63) is 58.6 Å². The zero-order valence-corrected chi connectivity index (χ0v) is 12.5. The molecule has 2 aromatic carbocycles. The number of rotatable bonds is 2. The fraction of sp³-hybridized carbons (Fsp3) is 0.250. The van der Waals surface area contributed by atoms with Gasteiger partial charge in [-0.25, -0.2) is 0 Å². The summed E-state index contributed by atoms with van der Waals surface area (Å²) in [6, 6.07) is 14.1. The molecule has 104 valence electrons. The largest absolute Gasteiger partial charge is 0.491 e. The van der Waals surface area contributed by atoms with Crippen LogP contribution in [0.5, 0.6) is 5.75 Å². The SMILES string of the molecule is ClCc1ccc(N2CCOc3ccccc3C2)c(Cl)c1. The predicted molar refractivity (Wildman–Crippen MR) is 84.0 cm³/mol. The second kappa shape index (κ2) is 5.94. The summed E-state index contributed by atoms with van der Waals surface area (Å²) in [6.45, 7) is 2.27. The van der Waals surface area contributed by atoms with Gasteiger partial charge in [-0.15, -0.1) is 11.6 Å². The number of alkyl halides is 1. The maximum atomic E-state index is 6.38. The summed E-state index contributed by atoms with van der Waals surface area (Å²) in [5.74, 6) is 1.44. The molecule has 0 N–H and O–H groups in total. The first-order chi connectivity index (χ1) is 9.78. The van der Waals surface area contributed by atoms with E-state index in [1.165, 1.54) is 5.56 Å². The van der Waals surface area contributed by atoms with E-state index in [1.807, 2.05) is 36.4 Å². The van der Waals surface area contributed by atoms with Gasteiger partial charge in [0, 0.05) is 18.0 Å². The molecule has 2 nitrogen and oxygen atoms in total. The third-order valence-corrected chi connectivity index (χ3v) is 4.07. The van der Waals surface area contributed by atoms with Crippen molar-refractivity contribution in [1.82, 2.24) is 0 Å². The van der Waals surface area contributed by atoms with E-state index in [-0.39, 0.29) is 0 Å². The maximum Gasteiger partial charge on any atom is 0.124 e. The Bertz CT molecular complexity index is 615. The molecule has 0 aromatic heterocycles.